The van der Waals surface area contributed by atoms with Crippen LogP contribution in [0, 0.1) is 0 Å². The van der Waals surface area contributed by atoms with Crippen molar-refractivity contribution in [3.8, 4) is 0 Å². The molecule has 1 heterocycles. The molecule has 92 valence electrons. The zero-order valence-electron chi connectivity index (χ0n) is 9.95. The van der Waals surface area contributed by atoms with Crippen molar-refractivity contribution < 1.29 is 4.79 Å². The number of ketones is 1. The Balaban J connectivity index is 2.25. The van der Waals surface area contributed by atoms with Gasteiger partial charge in [0.1, 0.15) is 0 Å². The van der Waals surface area contributed by atoms with Crippen molar-refractivity contribution in [3.05, 3.63) is 34.9 Å². The second-order valence-corrected chi connectivity index (χ2v) is 4.79. The Morgan fingerprint density at radius 2 is 2.12 bits per heavy atom. The minimum atomic E-state index is -0.157. The number of piperazine rings is 1. The second-order valence-electron chi connectivity index (χ2n) is 4.35. The summed E-state index contributed by atoms with van der Waals surface area (Å²) in [5, 5.41) is 3.98. The average molecular weight is 253 g/mol. The lowest BCUT2D eigenvalue weighted by Gasteiger charge is -2.33. The third-order valence-corrected chi connectivity index (χ3v) is 3.30. The number of benzene rings is 1. The van der Waals surface area contributed by atoms with Gasteiger partial charge < -0.3 is 5.32 Å². The summed E-state index contributed by atoms with van der Waals surface area (Å²) in [4.78, 5) is 14.1. The molecule has 3 nitrogen and oxygen atoms in total. The number of hydrogen-bond donors (Lipinski definition) is 1. The average Bonchev–Trinajstić information content (AvgIpc) is 2.30. The molecule has 1 N–H and O–H groups in total. The molecule has 4 heteroatoms. The monoisotopic (exact) mass is 252 g/mol. The zero-order valence-corrected chi connectivity index (χ0v) is 10.7. The van der Waals surface area contributed by atoms with E-state index >= 15 is 0 Å². The number of nitrogens with one attached hydrogen (secondary N) is 1. The molecule has 0 saturated carbocycles. The Kier molecular flexibility index (Phi) is 4.15. The molecule has 0 radical (unpaired) electrons. The molecule has 1 aliphatic rings. The van der Waals surface area contributed by atoms with Gasteiger partial charge in [-0.15, -0.1) is 0 Å². The number of halogens is 1. The van der Waals surface area contributed by atoms with E-state index in [9.17, 15) is 4.79 Å². The maximum absolute atomic E-state index is 11.8. The molecular weight excluding hydrogens is 236 g/mol. The predicted octanol–water partition coefficient (Wildman–Crippen LogP) is 1.88. The van der Waals surface area contributed by atoms with Crippen molar-refractivity contribution >= 4 is 17.4 Å². The van der Waals surface area contributed by atoms with Crippen LogP contribution >= 0.6 is 11.6 Å². The molecular formula is C13H17ClN2O. The van der Waals surface area contributed by atoms with Crippen LogP contribution in [0.3, 0.4) is 0 Å². The molecule has 0 aliphatic carbocycles. The summed E-state index contributed by atoms with van der Waals surface area (Å²) in [6.45, 7) is 5.32. The van der Waals surface area contributed by atoms with Gasteiger partial charge in [-0.2, -0.15) is 0 Å². The van der Waals surface area contributed by atoms with Gasteiger partial charge >= 0.3 is 0 Å². The van der Waals surface area contributed by atoms with Gasteiger partial charge in [0.15, 0.2) is 5.78 Å². The fourth-order valence-electron chi connectivity index (χ4n) is 2.32. The standard InChI is InChI=1S/C13H17ClN2O/c1-10(17)13(16-7-5-15-6-8-16)11-3-2-4-12(14)9-11/h2-4,9,13,15H,5-8H2,1H3. The molecule has 1 unspecified atom stereocenters. The van der Waals surface area contributed by atoms with Gasteiger partial charge in [0, 0.05) is 31.2 Å². The van der Waals surface area contributed by atoms with E-state index in [0.29, 0.717) is 5.02 Å². The highest BCUT2D eigenvalue weighted by Crippen LogP contribution is 2.24. The van der Waals surface area contributed by atoms with Gasteiger partial charge in [-0.1, -0.05) is 23.7 Å². The lowest BCUT2D eigenvalue weighted by Crippen LogP contribution is -2.46. The van der Waals surface area contributed by atoms with E-state index in [1.165, 1.54) is 0 Å². The number of hydrogen-bond acceptors (Lipinski definition) is 3. The highest BCUT2D eigenvalue weighted by molar-refractivity contribution is 6.30. The van der Waals surface area contributed by atoms with Crippen molar-refractivity contribution in [1.82, 2.24) is 10.2 Å². The van der Waals surface area contributed by atoms with Crippen LogP contribution in [0.15, 0.2) is 24.3 Å². The molecule has 1 aromatic carbocycles. The number of nitrogens with zero attached hydrogens (tertiary/aromatic N) is 1. The Morgan fingerprint density at radius 3 is 2.71 bits per heavy atom. The number of carbonyl (C=O) groups is 1. The normalized spacial score (nSPS) is 18.9. The number of carbonyl (C=O) groups excluding carboxylic acids is 1. The Morgan fingerprint density at radius 1 is 1.41 bits per heavy atom. The summed E-state index contributed by atoms with van der Waals surface area (Å²) in [5.74, 6) is 0.175. The van der Waals surface area contributed by atoms with Crippen LogP contribution in [0.25, 0.3) is 0 Å². The van der Waals surface area contributed by atoms with Crippen molar-refractivity contribution in [2.45, 2.75) is 13.0 Å². The van der Waals surface area contributed by atoms with Crippen LogP contribution in [-0.4, -0.2) is 36.9 Å². The van der Waals surface area contributed by atoms with E-state index in [-0.39, 0.29) is 11.8 Å². The minimum absolute atomic E-state index is 0.157. The van der Waals surface area contributed by atoms with Crippen molar-refractivity contribution in [2.75, 3.05) is 26.2 Å². The highest BCUT2D eigenvalue weighted by atomic mass is 35.5. The predicted molar refractivity (Wildman–Crippen MR) is 69.3 cm³/mol. The molecule has 0 bridgehead atoms. The topological polar surface area (TPSA) is 32.3 Å². The Labute approximate surface area is 107 Å². The molecule has 1 aliphatic heterocycles. The van der Waals surface area contributed by atoms with E-state index < -0.39 is 0 Å². The summed E-state index contributed by atoms with van der Waals surface area (Å²) < 4.78 is 0. The van der Waals surface area contributed by atoms with Crippen LogP contribution in [0.4, 0.5) is 0 Å². The van der Waals surface area contributed by atoms with Crippen molar-refractivity contribution in [1.29, 1.82) is 0 Å². The van der Waals surface area contributed by atoms with Crippen LogP contribution < -0.4 is 5.32 Å². The van der Waals surface area contributed by atoms with Gasteiger partial charge in [-0.25, -0.2) is 0 Å². The summed E-state index contributed by atoms with van der Waals surface area (Å²) in [5.41, 5.74) is 0.993. The van der Waals surface area contributed by atoms with Crippen molar-refractivity contribution in [3.63, 3.8) is 0 Å². The van der Waals surface area contributed by atoms with E-state index in [1.807, 2.05) is 24.3 Å². The molecule has 1 fully saturated rings. The van der Waals surface area contributed by atoms with E-state index in [2.05, 4.69) is 10.2 Å². The third kappa shape index (κ3) is 3.06. The first-order chi connectivity index (χ1) is 8.18. The molecule has 0 aromatic heterocycles. The first kappa shape index (κ1) is 12.6. The van der Waals surface area contributed by atoms with E-state index in [1.54, 1.807) is 6.92 Å². The summed E-state index contributed by atoms with van der Waals surface area (Å²) >= 11 is 5.99. The summed E-state index contributed by atoms with van der Waals surface area (Å²) in [7, 11) is 0. The summed E-state index contributed by atoms with van der Waals surface area (Å²) in [6, 6.07) is 7.43. The van der Waals surface area contributed by atoms with Gasteiger partial charge in [0.05, 0.1) is 6.04 Å². The van der Waals surface area contributed by atoms with Gasteiger partial charge in [-0.3, -0.25) is 9.69 Å². The van der Waals surface area contributed by atoms with Crippen LogP contribution in [0.5, 0.6) is 0 Å². The lowest BCUT2D eigenvalue weighted by atomic mass is 10.0. The lowest BCUT2D eigenvalue weighted by molar-refractivity contribution is -0.122. The molecule has 17 heavy (non-hydrogen) atoms. The molecule has 1 atom stereocenters. The molecule has 2 rings (SSSR count). The van der Waals surface area contributed by atoms with Crippen molar-refractivity contribution in [2.24, 2.45) is 0 Å². The fraction of sp³-hybridized carbons (Fsp3) is 0.462. The maximum Gasteiger partial charge on any atom is 0.151 e. The Hall–Kier alpha value is -0.900. The van der Waals surface area contributed by atoms with Gasteiger partial charge in [-0.05, 0) is 24.6 Å². The number of Topliss-reactive ketones (excluding diaryl/α,β-unsaturated/α-hetero) is 1. The zero-order chi connectivity index (χ0) is 12.3. The second kappa shape index (κ2) is 5.63. The first-order valence-electron chi connectivity index (χ1n) is 5.89. The first-order valence-corrected chi connectivity index (χ1v) is 6.27. The van der Waals surface area contributed by atoms with E-state index in [4.69, 9.17) is 11.6 Å². The quantitative estimate of drug-likeness (QED) is 0.892. The Bertz CT molecular complexity index is 402. The smallest absolute Gasteiger partial charge is 0.151 e. The van der Waals surface area contributed by atoms with Crippen LogP contribution in [0.1, 0.15) is 18.5 Å². The molecule has 1 saturated heterocycles. The molecule has 1 aromatic rings. The number of rotatable bonds is 3. The minimum Gasteiger partial charge on any atom is -0.314 e. The summed E-state index contributed by atoms with van der Waals surface area (Å²) in [6.07, 6.45) is 0. The maximum atomic E-state index is 11.8. The molecule has 0 amide bonds. The fourth-order valence-corrected chi connectivity index (χ4v) is 2.52. The van der Waals surface area contributed by atoms with Gasteiger partial charge in [0.25, 0.3) is 0 Å². The van der Waals surface area contributed by atoms with E-state index in [0.717, 1.165) is 31.7 Å². The molecule has 0 spiro atoms. The largest absolute Gasteiger partial charge is 0.314 e. The van der Waals surface area contributed by atoms with Crippen LogP contribution in [0.2, 0.25) is 5.02 Å². The van der Waals surface area contributed by atoms with Crippen LogP contribution in [-0.2, 0) is 4.79 Å². The third-order valence-electron chi connectivity index (χ3n) is 3.07. The highest BCUT2D eigenvalue weighted by Gasteiger charge is 2.25. The van der Waals surface area contributed by atoms with Gasteiger partial charge in [0.2, 0.25) is 0 Å². The SMILES string of the molecule is CC(=O)C(c1cccc(Cl)c1)N1CCNCC1.